The van der Waals surface area contributed by atoms with Crippen LogP contribution in [0, 0.1) is 0 Å². The number of amides is 1. The van der Waals surface area contributed by atoms with Gasteiger partial charge in [-0.15, -0.1) is 0 Å². The molecule has 154 valence electrons. The fraction of sp³-hybridized carbons (Fsp3) is 0.348. The molecule has 2 atom stereocenters. The molecule has 2 aliphatic heterocycles. The lowest BCUT2D eigenvalue weighted by molar-refractivity contribution is -0.165. The second-order valence-electron chi connectivity index (χ2n) is 7.70. The predicted octanol–water partition coefficient (Wildman–Crippen LogP) is 3.57. The number of likely N-dealkylation sites (tertiary alicyclic amines) is 1. The quantitative estimate of drug-likeness (QED) is 0.608. The molecule has 4 heterocycles. The summed E-state index contributed by atoms with van der Waals surface area (Å²) < 4.78 is 13.1. The van der Waals surface area contributed by atoms with Crippen molar-refractivity contribution < 1.29 is 14.3 Å². The highest BCUT2D eigenvalue weighted by atomic mass is 16.7. The average Bonchev–Trinajstić information content (AvgIpc) is 3.21. The maximum atomic E-state index is 12.1. The van der Waals surface area contributed by atoms with Gasteiger partial charge in [-0.1, -0.05) is 6.58 Å². The third-order valence-corrected chi connectivity index (χ3v) is 5.79. The Balaban J connectivity index is 1.47. The number of pyridine rings is 1. The number of benzene rings is 1. The van der Waals surface area contributed by atoms with E-state index in [0.29, 0.717) is 6.54 Å². The molecule has 3 aromatic rings. The number of carbonyl (C=O) groups excluding carboxylic acids is 1. The third-order valence-electron chi connectivity index (χ3n) is 5.79. The summed E-state index contributed by atoms with van der Waals surface area (Å²) in [6.07, 6.45) is 7.77. The van der Waals surface area contributed by atoms with Crippen molar-refractivity contribution in [3.05, 3.63) is 55.4 Å². The first-order chi connectivity index (χ1) is 14.7. The Morgan fingerprint density at radius 3 is 2.80 bits per heavy atom. The smallest absolute Gasteiger partial charge is 0.246 e. The highest BCUT2D eigenvalue weighted by Crippen LogP contribution is 2.32. The standard InChI is InChI=1S/C23H24N4O3/c1-2-20(28)26-12-3-4-18(15-26)27-23-17(14-25-27)9-11-24-22(23)16-5-7-19(8-6-16)30-21-10-13-29-21/h2,5-9,11,14,18,21H,1,3-4,10,12-13,15H2. The first-order valence-electron chi connectivity index (χ1n) is 10.3. The zero-order valence-electron chi connectivity index (χ0n) is 16.7. The van der Waals surface area contributed by atoms with Crippen LogP contribution in [0.1, 0.15) is 25.3 Å². The van der Waals surface area contributed by atoms with Crippen molar-refractivity contribution in [3.8, 4) is 17.0 Å². The highest BCUT2D eigenvalue weighted by molar-refractivity contribution is 5.91. The molecular formula is C23H24N4O3. The van der Waals surface area contributed by atoms with E-state index in [1.54, 1.807) is 0 Å². The molecular weight excluding hydrogens is 380 g/mol. The van der Waals surface area contributed by atoms with E-state index in [0.717, 1.165) is 60.3 Å². The Morgan fingerprint density at radius 1 is 1.23 bits per heavy atom. The Kier molecular flexibility index (Phi) is 4.96. The molecule has 7 heteroatoms. The second-order valence-corrected chi connectivity index (χ2v) is 7.70. The van der Waals surface area contributed by atoms with E-state index in [4.69, 9.17) is 9.47 Å². The van der Waals surface area contributed by atoms with Crippen LogP contribution in [0.2, 0.25) is 0 Å². The van der Waals surface area contributed by atoms with E-state index in [-0.39, 0.29) is 18.2 Å². The lowest BCUT2D eigenvalue weighted by Crippen LogP contribution is -2.40. The SMILES string of the molecule is C=CC(=O)N1CCCC(n2ncc3ccnc(-c4ccc(OC5CCO5)cc4)c32)C1. The topological polar surface area (TPSA) is 69.5 Å². The average molecular weight is 404 g/mol. The molecule has 0 saturated carbocycles. The van der Waals surface area contributed by atoms with Gasteiger partial charge >= 0.3 is 0 Å². The lowest BCUT2D eigenvalue weighted by atomic mass is 10.0. The van der Waals surface area contributed by atoms with Crippen LogP contribution in [0.3, 0.4) is 0 Å². The number of aromatic nitrogens is 3. The summed E-state index contributed by atoms with van der Waals surface area (Å²) in [7, 11) is 0. The number of hydrogen-bond donors (Lipinski definition) is 0. The van der Waals surface area contributed by atoms with E-state index in [1.807, 2.05) is 52.3 Å². The molecule has 0 bridgehead atoms. The molecule has 2 saturated heterocycles. The van der Waals surface area contributed by atoms with E-state index >= 15 is 0 Å². The first kappa shape index (κ1) is 18.8. The van der Waals surface area contributed by atoms with Crippen molar-refractivity contribution in [2.45, 2.75) is 31.6 Å². The molecule has 5 rings (SSSR count). The minimum absolute atomic E-state index is 0.0273. The highest BCUT2D eigenvalue weighted by Gasteiger charge is 2.26. The van der Waals surface area contributed by atoms with E-state index < -0.39 is 0 Å². The Morgan fingerprint density at radius 2 is 2.07 bits per heavy atom. The summed E-state index contributed by atoms with van der Waals surface area (Å²) in [5, 5.41) is 5.71. The molecule has 0 radical (unpaired) electrons. The van der Waals surface area contributed by atoms with Gasteiger partial charge in [0, 0.05) is 36.7 Å². The van der Waals surface area contributed by atoms with Gasteiger partial charge in [-0.25, -0.2) is 0 Å². The summed E-state index contributed by atoms with van der Waals surface area (Å²) in [5.41, 5.74) is 2.87. The molecule has 0 spiro atoms. The largest absolute Gasteiger partial charge is 0.465 e. The molecule has 2 aromatic heterocycles. The fourth-order valence-electron chi connectivity index (χ4n) is 4.12. The maximum absolute atomic E-state index is 12.1. The van der Waals surface area contributed by atoms with Gasteiger partial charge in [0.05, 0.1) is 30.1 Å². The summed E-state index contributed by atoms with van der Waals surface area (Å²) in [5.74, 6) is 0.760. The van der Waals surface area contributed by atoms with Crippen LogP contribution in [0.15, 0.2) is 55.4 Å². The number of fused-ring (bicyclic) bond motifs is 1. The van der Waals surface area contributed by atoms with Gasteiger partial charge < -0.3 is 14.4 Å². The minimum atomic E-state index is -0.133. The van der Waals surface area contributed by atoms with Crippen molar-refractivity contribution in [2.75, 3.05) is 19.7 Å². The van der Waals surface area contributed by atoms with Crippen molar-refractivity contribution in [2.24, 2.45) is 0 Å². The summed E-state index contributed by atoms with van der Waals surface area (Å²) >= 11 is 0. The Labute approximate surface area is 174 Å². The van der Waals surface area contributed by atoms with Gasteiger partial charge in [0.2, 0.25) is 12.2 Å². The number of rotatable bonds is 5. The molecule has 7 nitrogen and oxygen atoms in total. The van der Waals surface area contributed by atoms with Crippen LogP contribution in [0.4, 0.5) is 0 Å². The molecule has 30 heavy (non-hydrogen) atoms. The number of hydrogen-bond acceptors (Lipinski definition) is 5. The Hall–Kier alpha value is -3.19. The fourth-order valence-corrected chi connectivity index (χ4v) is 4.12. The van der Waals surface area contributed by atoms with Gasteiger partial charge in [0.25, 0.3) is 0 Å². The molecule has 2 fully saturated rings. The van der Waals surface area contributed by atoms with Gasteiger partial charge in [-0.2, -0.15) is 5.10 Å². The van der Waals surface area contributed by atoms with Crippen LogP contribution >= 0.6 is 0 Å². The zero-order chi connectivity index (χ0) is 20.5. The summed E-state index contributed by atoms with van der Waals surface area (Å²) in [4.78, 5) is 18.6. The van der Waals surface area contributed by atoms with Crippen LogP contribution in [-0.4, -0.2) is 51.6 Å². The van der Waals surface area contributed by atoms with Crippen molar-refractivity contribution in [1.29, 1.82) is 0 Å². The van der Waals surface area contributed by atoms with Crippen LogP contribution in [0.25, 0.3) is 22.2 Å². The summed E-state index contributed by atoms with van der Waals surface area (Å²) in [6.45, 7) is 5.77. The molecule has 1 aromatic carbocycles. The minimum Gasteiger partial charge on any atom is -0.465 e. The monoisotopic (exact) mass is 404 g/mol. The van der Waals surface area contributed by atoms with E-state index in [2.05, 4.69) is 16.7 Å². The molecule has 0 N–H and O–H groups in total. The van der Waals surface area contributed by atoms with Gasteiger partial charge in [0.1, 0.15) is 5.75 Å². The van der Waals surface area contributed by atoms with Crippen LogP contribution < -0.4 is 4.74 Å². The number of ether oxygens (including phenoxy) is 2. The third kappa shape index (κ3) is 3.45. The van der Waals surface area contributed by atoms with E-state index in [9.17, 15) is 4.79 Å². The normalized spacial score (nSPS) is 21.3. The molecule has 2 unspecified atom stereocenters. The maximum Gasteiger partial charge on any atom is 0.246 e. The van der Waals surface area contributed by atoms with Gasteiger partial charge in [-0.05, 0) is 49.2 Å². The lowest BCUT2D eigenvalue weighted by Gasteiger charge is -2.32. The summed E-state index contributed by atoms with van der Waals surface area (Å²) in [6, 6.07) is 10.0. The molecule has 1 amide bonds. The molecule has 0 aliphatic carbocycles. The predicted molar refractivity (Wildman–Crippen MR) is 113 cm³/mol. The van der Waals surface area contributed by atoms with Gasteiger partial charge in [0.15, 0.2) is 0 Å². The number of piperidine rings is 1. The van der Waals surface area contributed by atoms with Crippen LogP contribution in [0.5, 0.6) is 5.75 Å². The zero-order valence-corrected chi connectivity index (χ0v) is 16.7. The number of carbonyl (C=O) groups is 1. The molecule has 2 aliphatic rings. The van der Waals surface area contributed by atoms with Crippen molar-refractivity contribution in [1.82, 2.24) is 19.7 Å². The van der Waals surface area contributed by atoms with Crippen LogP contribution in [-0.2, 0) is 9.53 Å². The second kappa shape index (κ2) is 7.91. The van der Waals surface area contributed by atoms with Gasteiger partial charge in [-0.3, -0.25) is 14.5 Å². The van der Waals surface area contributed by atoms with Crippen molar-refractivity contribution >= 4 is 16.8 Å². The number of nitrogens with zero attached hydrogens (tertiary/aromatic N) is 4. The first-order valence-corrected chi connectivity index (χ1v) is 10.3. The Bertz CT molecular complexity index is 1070. The van der Waals surface area contributed by atoms with Crippen molar-refractivity contribution in [3.63, 3.8) is 0 Å². The van der Waals surface area contributed by atoms with E-state index in [1.165, 1.54) is 6.08 Å².